The van der Waals surface area contributed by atoms with Crippen molar-refractivity contribution in [2.24, 2.45) is 0 Å². The molecule has 254 valence electrons. The molecular formula is C40H40O7S2. The first-order valence-corrected chi connectivity index (χ1v) is 18.7. The Morgan fingerprint density at radius 3 is 1.51 bits per heavy atom. The fourth-order valence-electron chi connectivity index (χ4n) is 5.61. The molecule has 0 saturated carbocycles. The molecule has 49 heavy (non-hydrogen) atoms. The minimum atomic E-state index is -4.11. The van der Waals surface area contributed by atoms with Crippen LogP contribution in [0.5, 0.6) is 0 Å². The molecule has 5 aromatic rings. The summed E-state index contributed by atoms with van der Waals surface area (Å²) < 4.78 is 60.2. The van der Waals surface area contributed by atoms with Gasteiger partial charge in [0.15, 0.2) is 0 Å². The molecule has 1 saturated heterocycles. The van der Waals surface area contributed by atoms with Crippen LogP contribution in [0.2, 0.25) is 0 Å². The second-order valence-corrected chi connectivity index (χ2v) is 14.5. The van der Waals surface area contributed by atoms with Crippen LogP contribution in [0.4, 0.5) is 0 Å². The summed E-state index contributed by atoms with van der Waals surface area (Å²) in [7, 11) is -4.11. The van der Waals surface area contributed by atoms with Gasteiger partial charge in [0.1, 0.15) is 35.6 Å². The predicted octanol–water partition coefficient (Wildman–Crippen LogP) is 7.81. The van der Waals surface area contributed by atoms with Crippen molar-refractivity contribution in [1.29, 1.82) is 0 Å². The highest BCUT2D eigenvalue weighted by atomic mass is 32.2. The van der Waals surface area contributed by atoms with Gasteiger partial charge in [0.25, 0.3) is 10.1 Å². The Bertz CT molecular complexity index is 1780. The van der Waals surface area contributed by atoms with Gasteiger partial charge in [-0.15, -0.1) is 0 Å². The molecule has 0 bridgehead atoms. The molecule has 0 spiro atoms. The van der Waals surface area contributed by atoms with E-state index in [-0.39, 0.29) is 25.6 Å². The summed E-state index contributed by atoms with van der Waals surface area (Å²) in [6.07, 6.45) is -3.42. The average Bonchev–Trinajstić information content (AvgIpc) is 3.13. The Balaban J connectivity index is 1.35. The molecule has 1 heterocycles. The number of rotatable bonds is 16. The second-order valence-electron chi connectivity index (χ2n) is 11.7. The summed E-state index contributed by atoms with van der Waals surface area (Å²) in [5.41, 5.74) is 2.85. The predicted molar refractivity (Wildman–Crippen MR) is 191 cm³/mol. The van der Waals surface area contributed by atoms with Crippen LogP contribution in [-0.2, 0) is 58.8 Å². The second kappa shape index (κ2) is 17.7. The van der Waals surface area contributed by atoms with E-state index in [9.17, 15) is 8.42 Å². The summed E-state index contributed by atoms with van der Waals surface area (Å²) in [5.74, 6) is -0.298. The van der Waals surface area contributed by atoms with Crippen LogP contribution in [0.3, 0.4) is 0 Å². The minimum absolute atomic E-state index is 0.143. The number of hydrogen-bond acceptors (Lipinski definition) is 8. The lowest BCUT2D eigenvalue weighted by Gasteiger charge is -2.45. The quantitative estimate of drug-likeness (QED) is 0.0968. The van der Waals surface area contributed by atoms with Gasteiger partial charge in [-0.05, 0) is 34.4 Å². The van der Waals surface area contributed by atoms with Crippen molar-refractivity contribution in [3.05, 3.63) is 174 Å². The van der Waals surface area contributed by atoms with Gasteiger partial charge in [-0.3, -0.25) is 4.18 Å². The minimum Gasteiger partial charge on any atom is -0.374 e. The van der Waals surface area contributed by atoms with Gasteiger partial charge >= 0.3 is 0 Å². The molecule has 6 rings (SSSR count). The van der Waals surface area contributed by atoms with E-state index in [4.69, 9.17) is 23.1 Å². The molecule has 5 atom stereocenters. The van der Waals surface area contributed by atoms with Crippen molar-refractivity contribution in [2.45, 2.75) is 60.3 Å². The molecule has 0 amide bonds. The van der Waals surface area contributed by atoms with E-state index in [0.29, 0.717) is 12.2 Å². The molecule has 1 fully saturated rings. The molecule has 7 nitrogen and oxygen atoms in total. The van der Waals surface area contributed by atoms with Crippen molar-refractivity contribution in [3.63, 3.8) is 0 Å². The molecule has 0 aliphatic carbocycles. The van der Waals surface area contributed by atoms with Crippen molar-refractivity contribution in [3.8, 4) is 0 Å². The molecule has 9 heteroatoms. The zero-order valence-electron chi connectivity index (χ0n) is 27.0. The van der Waals surface area contributed by atoms with Gasteiger partial charge in [0.2, 0.25) is 0 Å². The van der Waals surface area contributed by atoms with Gasteiger partial charge in [-0.1, -0.05) is 151 Å². The van der Waals surface area contributed by atoms with Gasteiger partial charge < -0.3 is 18.9 Å². The fraction of sp³-hybridized carbons (Fsp3) is 0.250. The molecule has 0 unspecified atom stereocenters. The molecule has 0 aromatic heterocycles. The highest BCUT2D eigenvalue weighted by Gasteiger charge is 2.50. The van der Waals surface area contributed by atoms with E-state index in [1.165, 1.54) is 11.8 Å². The van der Waals surface area contributed by atoms with E-state index in [1.54, 1.807) is 12.1 Å². The van der Waals surface area contributed by atoms with Crippen LogP contribution in [0.1, 0.15) is 22.3 Å². The maximum absolute atomic E-state index is 13.9. The topological polar surface area (TPSA) is 80.3 Å². The first-order chi connectivity index (χ1) is 24.0. The highest BCUT2D eigenvalue weighted by Crippen LogP contribution is 2.39. The van der Waals surface area contributed by atoms with E-state index in [0.717, 1.165) is 21.6 Å². The summed E-state index contributed by atoms with van der Waals surface area (Å²) in [6.45, 7) is 0.934. The summed E-state index contributed by atoms with van der Waals surface area (Å²) in [4.78, 5) is 0.944. The number of benzene rings is 5. The average molecular weight is 697 g/mol. The van der Waals surface area contributed by atoms with E-state index >= 15 is 0 Å². The summed E-state index contributed by atoms with van der Waals surface area (Å²) >= 11 is 1.46. The third-order valence-electron chi connectivity index (χ3n) is 7.99. The Kier molecular flexibility index (Phi) is 12.7. The van der Waals surface area contributed by atoms with Crippen LogP contribution >= 0.6 is 11.8 Å². The molecule has 5 aromatic carbocycles. The van der Waals surface area contributed by atoms with Crippen molar-refractivity contribution in [1.82, 2.24) is 0 Å². The normalized spacial score (nSPS) is 20.9. The van der Waals surface area contributed by atoms with Crippen molar-refractivity contribution in [2.75, 3.05) is 6.61 Å². The molecule has 0 N–H and O–H groups in total. The zero-order chi connectivity index (χ0) is 33.7. The highest BCUT2D eigenvalue weighted by molar-refractivity contribution is 7.99. The Labute approximate surface area is 293 Å². The number of thioether (sulfide) groups is 1. The van der Waals surface area contributed by atoms with Gasteiger partial charge in [-0.2, -0.15) is 8.42 Å². The molecule has 0 radical (unpaired) electrons. The first kappa shape index (κ1) is 35.0. The summed E-state index contributed by atoms with van der Waals surface area (Å²) in [5, 5.41) is 0. The third kappa shape index (κ3) is 10.6. The Morgan fingerprint density at radius 1 is 0.531 bits per heavy atom. The maximum Gasteiger partial charge on any atom is 0.271 e. The Morgan fingerprint density at radius 2 is 0.980 bits per heavy atom. The lowest BCUT2D eigenvalue weighted by Crippen LogP contribution is -2.60. The van der Waals surface area contributed by atoms with Crippen LogP contribution in [0, 0.1) is 0 Å². The Hall–Kier alpha value is -3.80. The fourth-order valence-corrected chi connectivity index (χ4v) is 7.98. The standard InChI is InChI=1S/C40H40O7S2/c41-49(42,30-34-22-12-4-13-23-34)47-38-37(44-27-32-18-8-2-9-19-32)36(29-43-26-31-16-6-1-7-17-31)46-40(48-35-24-14-5-15-25-35)39(38)45-28-33-20-10-3-11-21-33/h1-25,36-40H,26-30H2/t36-,37+,38+,39-,40+/m1/s1. The van der Waals surface area contributed by atoms with Crippen LogP contribution < -0.4 is 0 Å². The lowest BCUT2D eigenvalue weighted by atomic mass is 9.99. The van der Waals surface area contributed by atoms with Crippen LogP contribution in [-0.4, -0.2) is 44.9 Å². The number of hydrogen-bond donors (Lipinski definition) is 0. The van der Waals surface area contributed by atoms with Crippen LogP contribution in [0.25, 0.3) is 0 Å². The van der Waals surface area contributed by atoms with Gasteiger partial charge in [0.05, 0.1) is 26.4 Å². The van der Waals surface area contributed by atoms with E-state index in [2.05, 4.69) is 0 Å². The van der Waals surface area contributed by atoms with E-state index < -0.39 is 40.0 Å². The molecule has 1 aliphatic rings. The number of ether oxygens (including phenoxy) is 4. The smallest absolute Gasteiger partial charge is 0.271 e. The van der Waals surface area contributed by atoms with Crippen molar-refractivity contribution < 1.29 is 31.5 Å². The van der Waals surface area contributed by atoms with Gasteiger partial charge in [-0.25, -0.2) is 0 Å². The zero-order valence-corrected chi connectivity index (χ0v) is 28.7. The summed E-state index contributed by atoms with van der Waals surface area (Å²) in [6, 6.07) is 48.2. The SMILES string of the molecule is O=S(=O)(Cc1ccccc1)O[C@H]1[C@@H](OCc2ccccc2)[C@@H](COCc2ccccc2)O[C@@H](Sc2ccccc2)[C@@H]1OCc1ccccc1. The first-order valence-electron chi connectivity index (χ1n) is 16.3. The van der Waals surface area contributed by atoms with E-state index in [1.807, 2.05) is 140 Å². The largest absolute Gasteiger partial charge is 0.374 e. The lowest BCUT2D eigenvalue weighted by molar-refractivity contribution is -0.233. The molecular weight excluding hydrogens is 657 g/mol. The monoisotopic (exact) mass is 696 g/mol. The van der Waals surface area contributed by atoms with Gasteiger partial charge in [0, 0.05) is 4.90 Å². The van der Waals surface area contributed by atoms with Crippen LogP contribution in [0.15, 0.2) is 157 Å². The van der Waals surface area contributed by atoms with Crippen molar-refractivity contribution >= 4 is 21.9 Å². The molecule has 1 aliphatic heterocycles. The maximum atomic E-state index is 13.9. The third-order valence-corrected chi connectivity index (χ3v) is 10.4.